The second kappa shape index (κ2) is 7.30. The number of thiophene rings is 1. The molecule has 1 amide bonds. The molecule has 0 saturated carbocycles. The summed E-state index contributed by atoms with van der Waals surface area (Å²) < 4.78 is 10.7. The predicted molar refractivity (Wildman–Crippen MR) is 86.7 cm³/mol. The van der Waals surface area contributed by atoms with E-state index in [2.05, 4.69) is 5.32 Å². The predicted octanol–water partition coefficient (Wildman–Crippen LogP) is 3.26. The van der Waals surface area contributed by atoms with Crippen LogP contribution in [0.3, 0.4) is 0 Å². The van der Waals surface area contributed by atoms with E-state index in [4.69, 9.17) is 21.1 Å². The molecule has 1 aromatic heterocycles. The molecule has 0 bridgehead atoms. The van der Waals surface area contributed by atoms with Crippen molar-refractivity contribution in [2.75, 3.05) is 14.2 Å². The molecule has 1 heterocycles. The van der Waals surface area contributed by atoms with Crippen LogP contribution in [-0.2, 0) is 6.54 Å². The van der Waals surface area contributed by atoms with Crippen molar-refractivity contribution >= 4 is 34.5 Å². The molecule has 0 aliphatic rings. The van der Waals surface area contributed by atoms with Gasteiger partial charge in [0.2, 0.25) is 0 Å². The van der Waals surface area contributed by atoms with Crippen molar-refractivity contribution < 1.29 is 19.2 Å². The van der Waals surface area contributed by atoms with Crippen molar-refractivity contribution in [2.24, 2.45) is 0 Å². The standard InChI is InChI=1S/C14H13ClN2O5S/c1-21-11-5-9(10(17(19)20)6-12(11)22-2)14(18)16-7-8-3-4-13(15)23-8/h3-6H,7H2,1-2H3,(H,16,18). The number of nitrogens with zero attached hydrogens (tertiary/aromatic N) is 1. The molecule has 1 N–H and O–H groups in total. The summed E-state index contributed by atoms with van der Waals surface area (Å²) in [5, 5.41) is 13.8. The van der Waals surface area contributed by atoms with Gasteiger partial charge in [-0.1, -0.05) is 11.6 Å². The number of carbonyl (C=O) groups is 1. The molecule has 9 heteroatoms. The molecule has 2 rings (SSSR count). The second-order valence-corrected chi connectivity index (χ2v) is 6.17. The Morgan fingerprint density at radius 3 is 2.48 bits per heavy atom. The monoisotopic (exact) mass is 356 g/mol. The van der Waals surface area contributed by atoms with Crippen LogP contribution in [0.5, 0.6) is 11.5 Å². The maximum absolute atomic E-state index is 12.3. The third kappa shape index (κ3) is 3.91. The summed E-state index contributed by atoms with van der Waals surface area (Å²) in [6.45, 7) is 0.224. The van der Waals surface area contributed by atoms with Gasteiger partial charge >= 0.3 is 0 Å². The molecule has 1 aromatic carbocycles. The average Bonchev–Trinajstić information content (AvgIpc) is 2.96. The zero-order valence-electron chi connectivity index (χ0n) is 12.3. The number of benzene rings is 1. The molecule has 7 nitrogen and oxygen atoms in total. The van der Waals surface area contributed by atoms with Gasteiger partial charge in [-0.25, -0.2) is 0 Å². The van der Waals surface area contributed by atoms with Crippen molar-refractivity contribution in [3.8, 4) is 11.5 Å². The molecule has 0 saturated heterocycles. The highest BCUT2D eigenvalue weighted by Crippen LogP contribution is 2.34. The Balaban J connectivity index is 2.28. The van der Waals surface area contributed by atoms with E-state index >= 15 is 0 Å². The molecule has 23 heavy (non-hydrogen) atoms. The molecule has 0 aliphatic carbocycles. The number of nitrogens with one attached hydrogen (secondary N) is 1. The van der Waals surface area contributed by atoms with E-state index in [-0.39, 0.29) is 29.3 Å². The number of hydrogen-bond donors (Lipinski definition) is 1. The first-order chi connectivity index (χ1) is 11.0. The molecule has 0 radical (unpaired) electrons. The lowest BCUT2D eigenvalue weighted by molar-refractivity contribution is -0.385. The molecule has 0 unspecified atom stereocenters. The Morgan fingerprint density at radius 1 is 1.30 bits per heavy atom. The number of amides is 1. The quantitative estimate of drug-likeness (QED) is 0.633. The largest absolute Gasteiger partial charge is 0.493 e. The van der Waals surface area contributed by atoms with Crippen LogP contribution in [0, 0.1) is 10.1 Å². The van der Waals surface area contributed by atoms with E-state index in [9.17, 15) is 14.9 Å². The number of rotatable bonds is 6. The number of nitro benzene ring substituents is 1. The lowest BCUT2D eigenvalue weighted by Crippen LogP contribution is -2.23. The van der Waals surface area contributed by atoms with E-state index in [0.29, 0.717) is 4.34 Å². The van der Waals surface area contributed by atoms with Crippen molar-refractivity contribution in [1.29, 1.82) is 0 Å². The van der Waals surface area contributed by atoms with E-state index in [0.717, 1.165) is 10.9 Å². The lowest BCUT2D eigenvalue weighted by Gasteiger charge is -2.10. The summed E-state index contributed by atoms with van der Waals surface area (Å²) in [4.78, 5) is 23.7. The molecule has 0 spiro atoms. The fourth-order valence-corrected chi connectivity index (χ4v) is 2.94. The van der Waals surface area contributed by atoms with Gasteiger partial charge in [-0.2, -0.15) is 0 Å². The number of halogens is 1. The minimum absolute atomic E-state index is 0.102. The van der Waals surface area contributed by atoms with Crippen LogP contribution < -0.4 is 14.8 Å². The number of carbonyl (C=O) groups excluding carboxylic acids is 1. The SMILES string of the molecule is COc1cc(C(=O)NCc2ccc(Cl)s2)c([N+](=O)[O-])cc1OC. The van der Waals surface area contributed by atoms with Gasteiger partial charge in [0.25, 0.3) is 11.6 Å². The van der Waals surface area contributed by atoms with Gasteiger partial charge in [-0.15, -0.1) is 11.3 Å². The van der Waals surface area contributed by atoms with Crippen LogP contribution in [0.25, 0.3) is 0 Å². The highest BCUT2D eigenvalue weighted by Gasteiger charge is 2.24. The molecule has 0 fully saturated rings. The smallest absolute Gasteiger partial charge is 0.286 e. The first-order valence-corrected chi connectivity index (χ1v) is 7.58. The highest BCUT2D eigenvalue weighted by atomic mass is 35.5. The van der Waals surface area contributed by atoms with Gasteiger partial charge in [0.15, 0.2) is 11.5 Å². The first-order valence-electron chi connectivity index (χ1n) is 6.39. The molecule has 2 aromatic rings. The van der Waals surface area contributed by atoms with Gasteiger partial charge in [-0.3, -0.25) is 14.9 Å². The molecule has 0 aliphatic heterocycles. The zero-order chi connectivity index (χ0) is 17.0. The number of hydrogen-bond acceptors (Lipinski definition) is 6. The van der Waals surface area contributed by atoms with Gasteiger partial charge in [-0.05, 0) is 12.1 Å². The van der Waals surface area contributed by atoms with E-state index in [1.807, 2.05) is 0 Å². The summed E-state index contributed by atoms with van der Waals surface area (Å²) in [6, 6.07) is 5.94. The van der Waals surface area contributed by atoms with Crippen LogP contribution in [0.1, 0.15) is 15.2 Å². The summed E-state index contributed by atoms with van der Waals surface area (Å²) in [5.74, 6) is -0.162. The molecule has 122 valence electrons. The van der Waals surface area contributed by atoms with Gasteiger partial charge in [0.05, 0.1) is 36.1 Å². The fraction of sp³-hybridized carbons (Fsp3) is 0.214. The third-order valence-corrected chi connectivity index (χ3v) is 4.23. The minimum Gasteiger partial charge on any atom is -0.493 e. The second-order valence-electron chi connectivity index (χ2n) is 4.37. The highest BCUT2D eigenvalue weighted by molar-refractivity contribution is 7.16. The van der Waals surface area contributed by atoms with Crippen LogP contribution in [0.2, 0.25) is 4.34 Å². The van der Waals surface area contributed by atoms with Crippen LogP contribution in [0.4, 0.5) is 5.69 Å². The Labute approximate surface area is 140 Å². The van der Waals surface area contributed by atoms with Gasteiger partial charge in [0, 0.05) is 10.9 Å². The first kappa shape index (κ1) is 17.0. The number of nitro groups is 1. The maximum Gasteiger partial charge on any atom is 0.286 e. The van der Waals surface area contributed by atoms with E-state index < -0.39 is 10.8 Å². The van der Waals surface area contributed by atoms with Crippen molar-refractivity contribution in [1.82, 2.24) is 5.32 Å². The fourth-order valence-electron chi connectivity index (χ4n) is 1.91. The van der Waals surface area contributed by atoms with Crippen molar-refractivity contribution in [2.45, 2.75) is 6.54 Å². The Hall–Kier alpha value is -2.32. The Kier molecular flexibility index (Phi) is 5.41. The van der Waals surface area contributed by atoms with Crippen molar-refractivity contribution in [3.05, 3.63) is 49.2 Å². The van der Waals surface area contributed by atoms with Crippen LogP contribution >= 0.6 is 22.9 Å². The number of ether oxygens (including phenoxy) is 2. The van der Waals surface area contributed by atoms with E-state index in [1.54, 1.807) is 12.1 Å². The topological polar surface area (TPSA) is 90.7 Å². The van der Waals surface area contributed by atoms with E-state index in [1.165, 1.54) is 31.6 Å². The summed E-state index contributed by atoms with van der Waals surface area (Å²) >= 11 is 7.14. The van der Waals surface area contributed by atoms with Crippen LogP contribution in [-0.4, -0.2) is 25.1 Å². The average molecular weight is 357 g/mol. The summed E-state index contributed by atoms with van der Waals surface area (Å²) in [7, 11) is 2.75. The maximum atomic E-state index is 12.3. The van der Waals surface area contributed by atoms with Crippen LogP contribution in [0.15, 0.2) is 24.3 Å². The lowest BCUT2D eigenvalue weighted by atomic mass is 10.1. The number of methoxy groups -OCH3 is 2. The Bertz CT molecular complexity index is 747. The molecular weight excluding hydrogens is 344 g/mol. The summed E-state index contributed by atoms with van der Waals surface area (Å²) in [5.41, 5.74) is -0.459. The molecular formula is C14H13ClN2O5S. The van der Waals surface area contributed by atoms with Crippen molar-refractivity contribution in [3.63, 3.8) is 0 Å². The minimum atomic E-state index is -0.640. The van der Waals surface area contributed by atoms with Gasteiger partial charge in [0.1, 0.15) is 5.56 Å². The van der Waals surface area contributed by atoms with Gasteiger partial charge < -0.3 is 14.8 Å². The molecule has 0 atom stereocenters. The summed E-state index contributed by atoms with van der Waals surface area (Å²) in [6.07, 6.45) is 0. The normalized spacial score (nSPS) is 10.2. The third-order valence-electron chi connectivity index (χ3n) is 3.00. The Morgan fingerprint density at radius 2 is 1.96 bits per heavy atom. The zero-order valence-corrected chi connectivity index (χ0v) is 13.9.